The lowest BCUT2D eigenvalue weighted by Gasteiger charge is -2.19. The number of ether oxygens (including phenoxy) is 2. The molecular formula is C17H30N2O2. The SMILES string of the molecule is CCN(CC)Cc1ccc(CNCCCOC)c(OC)c1. The molecule has 1 aromatic carbocycles. The van der Waals surface area contributed by atoms with Crippen molar-refractivity contribution in [2.45, 2.75) is 33.4 Å². The number of rotatable bonds is 11. The minimum atomic E-state index is 0.799. The molecule has 0 aliphatic rings. The summed E-state index contributed by atoms with van der Waals surface area (Å²) >= 11 is 0. The maximum atomic E-state index is 5.53. The van der Waals surface area contributed by atoms with Crippen LogP contribution in [-0.2, 0) is 17.8 Å². The molecule has 0 atom stereocenters. The van der Waals surface area contributed by atoms with Crippen LogP contribution in [-0.4, -0.2) is 45.4 Å². The highest BCUT2D eigenvalue weighted by molar-refractivity contribution is 5.37. The van der Waals surface area contributed by atoms with E-state index in [4.69, 9.17) is 9.47 Å². The summed E-state index contributed by atoms with van der Waals surface area (Å²) in [5, 5.41) is 3.42. The van der Waals surface area contributed by atoms with Crippen molar-refractivity contribution in [1.29, 1.82) is 0 Å². The van der Waals surface area contributed by atoms with Crippen molar-refractivity contribution >= 4 is 0 Å². The molecule has 0 unspecified atom stereocenters. The van der Waals surface area contributed by atoms with Gasteiger partial charge in [0.05, 0.1) is 7.11 Å². The zero-order chi connectivity index (χ0) is 15.5. The average Bonchev–Trinajstić information content (AvgIpc) is 2.53. The standard InChI is InChI=1S/C17H30N2O2/c1-5-19(6-2)14-15-8-9-16(17(12-15)21-4)13-18-10-7-11-20-3/h8-9,12,18H,5-7,10-11,13-14H2,1-4H3. The maximum Gasteiger partial charge on any atom is 0.123 e. The Morgan fingerprint density at radius 3 is 2.52 bits per heavy atom. The van der Waals surface area contributed by atoms with Gasteiger partial charge in [-0.05, 0) is 37.7 Å². The summed E-state index contributed by atoms with van der Waals surface area (Å²) in [4.78, 5) is 2.40. The van der Waals surface area contributed by atoms with E-state index in [2.05, 4.69) is 42.3 Å². The molecule has 1 aromatic rings. The Morgan fingerprint density at radius 2 is 1.90 bits per heavy atom. The summed E-state index contributed by atoms with van der Waals surface area (Å²) in [6.07, 6.45) is 1.03. The Morgan fingerprint density at radius 1 is 1.14 bits per heavy atom. The zero-order valence-corrected chi connectivity index (χ0v) is 13.9. The number of nitrogens with one attached hydrogen (secondary N) is 1. The van der Waals surface area contributed by atoms with E-state index in [-0.39, 0.29) is 0 Å². The summed E-state index contributed by atoms with van der Waals surface area (Å²) in [6.45, 7) is 10.1. The fourth-order valence-electron chi connectivity index (χ4n) is 2.30. The first-order valence-corrected chi connectivity index (χ1v) is 7.82. The lowest BCUT2D eigenvalue weighted by atomic mass is 10.1. The topological polar surface area (TPSA) is 33.7 Å². The third kappa shape index (κ3) is 6.46. The van der Waals surface area contributed by atoms with E-state index in [0.717, 1.165) is 51.5 Å². The predicted octanol–water partition coefficient (Wildman–Crippen LogP) is 2.66. The van der Waals surface area contributed by atoms with Crippen molar-refractivity contribution in [2.24, 2.45) is 0 Å². The fraction of sp³-hybridized carbons (Fsp3) is 0.647. The third-order valence-corrected chi connectivity index (χ3v) is 3.67. The molecule has 4 heteroatoms. The first-order valence-electron chi connectivity index (χ1n) is 7.82. The molecule has 1 rings (SSSR count). The summed E-state index contributed by atoms with van der Waals surface area (Å²) in [6, 6.07) is 6.53. The molecule has 0 aromatic heterocycles. The molecule has 21 heavy (non-hydrogen) atoms. The molecule has 1 N–H and O–H groups in total. The smallest absolute Gasteiger partial charge is 0.123 e. The van der Waals surface area contributed by atoms with E-state index in [9.17, 15) is 0 Å². The molecule has 0 saturated carbocycles. The van der Waals surface area contributed by atoms with Gasteiger partial charge in [-0.3, -0.25) is 4.90 Å². The quantitative estimate of drug-likeness (QED) is 0.636. The minimum Gasteiger partial charge on any atom is -0.496 e. The van der Waals surface area contributed by atoms with Crippen LogP contribution in [0.25, 0.3) is 0 Å². The number of benzene rings is 1. The first kappa shape index (κ1) is 18.0. The molecule has 0 aliphatic carbocycles. The van der Waals surface area contributed by atoms with Gasteiger partial charge in [0, 0.05) is 32.4 Å². The van der Waals surface area contributed by atoms with Gasteiger partial charge in [0.1, 0.15) is 5.75 Å². The summed E-state index contributed by atoms with van der Waals surface area (Å²) in [5.74, 6) is 0.971. The van der Waals surface area contributed by atoms with E-state index in [1.54, 1.807) is 14.2 Å². The van der Waals surface area contributed by atoms with E-state index < -0.39 is 0 Å². The second-order valence-corrected chi connectivity index (χ2v) is 5.13. The van der Waals surface area contributed by atoms with Crippen LogP contribution in [0.5, 0.6) is 5.75 Å². The van der Waals surface area contributed by atoms with Crippen LogP contribution in [0, 0.1) is 0 Å². The summed E-state index contributed by atoms with van der Waals surface area (Å²) < 4.78 is 10.6. The van der Waals surface area contributed by atoms with Crippen molar-refractivity contribution in [3.8, 4) is 5.75 Å². The number of hydrogen-bond donors (Lipinski definition) is 1. The van der Waals surface area contributed by atoms with Crippen molar-refractivity contribution in [1.82, 2.24) is 10.2 Å². The highest BCUT2D eigenvalue weighted by atomic mass is 16.5. The molecule has 0 heterocycles. The Labute approximate surface area is 129 Å². The second kappa shape index (κ2) is 10.6. The Balaban J connectivity index is 2.57. The predicted molar refractivity (Wildman–Crippen MR) is 87.8 cm³/mol. The van der Waals surface area contributed by atoms with Gasteiger partial charge in [-0.1, -0.05) is 26.0 Å². The van der Waals surface area contributed by atoms with Gasteiger partial charge < -0.3 is 14.8 Å². The van der Waals surface area contributed by atoms with E-state index in [1.165, 1.54) is 11.1 Å². The molecular weight excluding hydrogens is 264 g/mol. The highest BCUT2D eigenvalue weighted by Gasteiger charge is 2.06. The van der Waals surface area contributed by atoms with Gasteiger partial charge in [-0.2, -0.15) is 0 Å². The van der Waals surface area contributed by atoms with Gasteiger partial charge in [0.2, 0.25) is 0 Å². The molecule has 0 spiro atoms. The van der Waals surface area contributed by atoms with Gasteiger partial charge in [-0.25, -0.2) is 0 Å². The molecule has 0 aliphatic heterocycles. The molecule has 0 amide bonds. The largest absolute Gasteiger partial charge is 0.496 e. The van der Waals surface area contributed by atoms with Gasteiger partial charge in [0.15, 0.2) is 0 Å². The van der Waals surface area contributed by atoms with Crippen LogP contribution in [0.4, 0.5) is 0 Å². The second-order valence-electron chi connectivity index (χ2n) is 5.13. The van der Waals surface area contributed by atoms with Crippen LogP contribution < -0.4 is 10.1 Å². The molecule has 0 fully saturated rings. The number of methoxy groups -OCH3 is 2. The van der Waals surface area contributed by atoms with Crippen LogP contribution in [0.2, 0.25) is 0 Å². The van der Waals surface area contributed by atoms with Crippen LogP contribution in [0.15, 0.2) is 18.2 Å². The third-order valence-electron chi connectivity index (χ3n) is 3.67. The molecule has 120 valence electrons. The van der Waals surface area contributed by atoms with Crippen molar-refractivity contribution < 1.29 is 9.47 Å². The van der Waals surface area contributed by atoms with Crippen LogP contribution in [0.1, 0.15) is 31.4 Å². The number of hydrogen-bond acceptors (Lipinski definition) is 4. The monoisotopic (exact) mass is 294 g/mol. The first-order chi connectivity index (χ1) is 10.2. The normalized spacial score (nSPS) is 11.1. The van der Waals surface area contributed by atoms with Crippen molar-refractivity contribution in [3.05, 3.63) is 29.3 Å². The van der Waals surface area contributed by atoms with Crippen molar-refractivity contribution in [2.75, 3.05) is 40.5 Å². The highest BCUT2D eigenvalue weighted by Crippen LogP contribution is 2.21. The summed E-state index contributed by atoms with van der Waals surface area (Å²) in [7, 11) is 3.47. The van der Waals surface area contributed by atoms with Gasteiger partial charge in [-0.15, -0.1) is 0 Å². The molecule has 0 radical (unpaired) electrons. The molecule has 4 nitrogen and oxygen atoms in total. The van der Waals surface area contributed by atoms with Crippen molar-refractivity contribution in [3.63, 3.8) is 0 Å². The van der Waals surface area contributed by atoms with E-state index >= 15 is 0 Å². The fourth-order valence-corrected chi connectivity index (χ4v) is 2.30. The van der Waals surface area contributed by atoms with Gasteiger partial charge >= 0.3 is 0 Å². The average molecular weight is 294 g/mol. The Bertz CT molecular complexity index is 392. The molecule has 0 bridgehead atoms. The van der Waals surface area contributed by atoms with E-state index in [1.807, 2.05) is 0 Å². The van der Waals surface area contributed by atoms with Gasteiger partial charge in [0.25, 0.3) is 0 Å². The Kier molecular flexibility index (Phi) is 9.06. The van der Waals surface area contributed by atoms with Crippen LogP contribution in [0.3, 0.4) is 0 Å². The Hall–Kier alpha value is -1.10. The number of nitrogens with zero attached hydrogens (tertiary/aromatic N) is 1. The van der Waals surface area contributed by atoms with Crippen LogP contribution >= 0.6 is 0 Å². The maximum absolute atomic E-state index is 5.53. The lowest BCUT2D eigenvalue weighted by molar-refractivity contribution is 0.194. The lowest BCUT2D eigenvalue weighted by Crippen LogP contribution is -2.22. The summed E-state index contributed by atoms with van der Waals surface area (Å²) in [5.41, 5.74) is 2.51. The zero-order valence-electron chi connectivity index (χ0n) is 13.9. The molecule has 0 saturated heterocycles. The van der Waals surface area contributed by atoms with E-state index in [0.29, 0.717) is 0 Å². The minimum absolute atomic E-state index is 0.799.